The van der Waals surface area contributed by atoms with Crippen molar-refractivity contribution in [3.8, 4) is 0 Å². The molecule has 14 heavy (non-hydrogen) atoms. The third kappa shape index (κ3) is 2.70. The summed E-state index contributed by atoms with van der Waals surface area (Å²) in [4.78, 5) is 6.37. The lowest BCUT2D eigenvalue weighted by Crippen LogP contribution is -2.34. The number of nitrogens with one attached hydrogen (secondary N) is 1. The second kappa shape index (κ2) is 4.95. The summed E-state index contributed by atoms with van der Waals surface area (Å²) in [6, 6.07) is 0. The summed E-state index contributed by atoms with van der Waals surface area (Å²) in [6.45, 7) is 5.69. The first-order valence-electron chi connectivity index (χ1n) is 4.63. The van der Waals surface area contributed by atoms with Gasteiger partial charge in [-0.15, -0.1) is 11.3 Å². The topological polar surface area (TPSA) is 66.0 Å². The molecule has 1 atom stereocenters. The molecule has 0 bridgehead atoms. The molecule has 4 nitrogen and oxygen atoms in total. The van der Waals surface area contributed by atoms with Crippen molar-refractivity contribution in [2.75, 3.05) is 18.0 Å². The van der Waals surface area contributed by atoms with Crippen LogP contribution in [0.5, 0.6) is 0 Å². The Morgan fingerprint density at radius 3 is 2.93 bits per heavy atom. The Balaban J connectivity index is 2.60. The molecule has 0 saturated heterocycles. The van der Waals surface area contributed by atoms with E-state index in [1.54, 1.807) is 17.5 Å². The summed E-state index contributed by atoms with van der Waals surface area (Å²) < 4.78 is 0. The summed E-state index contributed by atoms with van der Waals surface area (Å²) in [5.74, 6) is 0.318. The number of nitrogens with two attached hydrogens (primary N) is 1. The molecule has 78 valence electrons. The first kappa shape index (κ1) is 11.0. The third-order valence-corrected chi connectivity index (χ3v) is 2.93. The van der Waals surface area contributed by atoms with E-state index in [9.17, 15) is 0 Å². The molecular weight excluding hydrogens is 196 g/mol. The molecule has 3 N–H and O–H groups in total. The Morgan fingerprint density at radius 2 is 2.50 bits per heavy atom. The highest BCUT2D eigenvalue weighted by Crippen LogP contribution is 2.18. The van der Waals surface area contributed by atoms with E-state index in [0.29, 0.717) is 0 Å². The van der Waals surface area contributed by atoms with Crippen molar-refractivity contribution in [2.45, 2.75) is 13.8 Å². The maximum Gasteiger partial charge on any atom is 0.185 e. The number of hydrogen-bond donors (Lipinski definition) is 2. The van der Waals surface area contributed by atoms with Gasteiger partial charge in [-0.3, -0.25) is 5.41 Å². The normalized spacial score (nSPS) is 12.4. The molecule has 1 aromatic heterocycles. The van der Waals surface area contributed by atoms with Crippen LogP contribution in [0, 0.1) is 11.3 Å². The van der Waals surface area contributed by atoms with Crippen LogP contribution in [0.2, 0.25) is 0 Å². The molecule has 0 radical (unpaired) electrons. The zero-order valence-electron chi connectivity index (χ0n) is 8.53. The van der Waals surface area contributed by atoms with Crippen LogP contribution in [0.3, 0.4) is 0 Å². The zero-order valence-corrected chi connectivity index (χ0v) is 9.34. The molecule has 0 amide bonds. The molecule has 5 heteroatoms. The average molecular weight is 212 g/mol. The summed E-state index contributed by atoms with van der Waals surface area (Å²) in [5.41, 5.74) is 5.43. The standard InChI is InChI=1S/C9H16N4S/c1-3-13(6-7(2)8(10)11)9-12-4-5-14-9/h4-5,7H,3,6H2,1-2H3,(H3,10,11). The predicted octanol–water partition coefficient (Wildman–Crippen LogP) is 1.54. The Kier molecular flexibility index (Phi) is 3.88. The van der Waals surface area contributed by atoms with Crippen molar-refractivity contribution in [3.05, 3.63) is 11.6 Å². The molecule has 1 unspecified atom stereocenters. The second-order valence-electron chi connectivity index (χ2n) is 3.21. The van der Waals surface area contributed by atoms with Gasteiger partial charge in [-0.25, -0.2) is 4.98 Å². The maximum absolute atomic E-state index is 7.33. The number of hydrogen-bond acceptors (Lipinski definition) is 4. The van der Waals surface area contributed by atoms with E-state index >= 15 is 0 Å². The third-order valence-electron chi connectivity index (χ3n) is 2.10. The minimum absolute atomic E-state index is 0.0823. The van der Waals surface area contributed by atoms with E-state index in [2.05, 4.69) is 16.8 Å². The van der Waals surface area contributed by atoms with Crippen LogP contribution in [0.25, 0.3) is 0 Å². The fourth-order valence-electron chi connectivity index (χ4n) is 1.14. The van der Waals surface area contributed by atoms with Gasteiger partial charge in [0.15, 0.2) is 5.13 Å². The van der Waals surface area contributed by atoms with E-state index < -0.39 is 0 Å². The van der Waals surface area contributed by atoms with E-state index in [1.807, 2.05) is 12.3 Å². The van der Waals surface area contributed by atoms with Crippen molar-refractivity contribution in [1.82, 2.24) is 4.98 Å². The molecule has 0 aromatic carbocycles. The van der Waals surface area contributed by atoms with Crippen molar-refractivity contribution >= 4 is 22.3 Å². The first-order valence-corrected chi connectivity index (χ1v) is 5.51. The number of nitrogens with zero attached hydrogens (tertiary/aromatic N) is 2. The summed E-state index contributed by atoms with van der Waals surface area (Å²) >= 11 is 1.61. The molecule has 1 rings (SSSR count). The average Bonchev–Trinajstić information content (AvgIpc) is 2.66. The van der Waals surface area contributed by atoms with Crippen LogP contribution < -0.4 is 10.6 Å². The van der Waals surface area contributed by atoms with Crippen molar-refractivity contribution in [3.63, 3.8) is 0 Å². The molecule has 1 heterocycles. The van der Waals surface area contributed by atoms with E-state index in [4.69, 9.17) is 11.1 Å². The highest BCUT2D eigenvalue weighted by atomic mass is 32.1. The maximum atomic E-state index is 7.33. The molecule has 0 saturated carbocycles. The number of amidine groups is 1. The molecule has 0 aliphatic rings. The van der Waals surface area contributed by atoms with Crippen molar-refractivity contribution < 1.29 is 0 Å². The van der Waals surface area contributed by atoms with Gasteiger partial charge in [-0.05, 0) is 6.92 Å². The quantitative estimate of drug-likeness (QED) is 0.575. The lowest BCUT2D eigenvalue weighted by Gasteiger charge is -2.23. The predicted molar refractivity (Wildman–Crippen MR) is 61.1 cm³/mol. The molecule has 1 aromatic rings. The minimum atomic E-state index is 0.0823. The molecule has 0 spiro atoms. The van der Waals surface area contributed by atoms with Crippen LogP contribution in [-0.4, -0.2) is 23.9 Å². The van der Waals surface area contributed by atoms with Crippen LogP contribution in [-0.2, 0) is 0 Å². The Hall–Kier alpha value is -1.10. The second-order valence-corrected chi connectivity index (χ2v) is 4.08. The summed E-state index contributed by atoms with van der Waals surface area (Å²) in [6.07, 6.45) is 1.79. The van der Waals surface area contributed by atoms with Gasteiger partial charge in [0, 0.05) is 30.6 Å². The number of aromatic nitrogens is 1. The highest BCUT2D eigenvalue weighted by Gasteiger charge is 2.12. The fourth-order valence-corrected chi connectivity index (χ4v) is 1.86. The molecule has 0 aliphatic heterocycles. The zero-order chi connectivity index (χ0) is 10.6. The SMILES string of the molecule is CCN(CC(C)C(=N)N)c1nccs1. The Labute approximate surface area is 88.3 Å². The molecule has 0 aliphatic carbocycles. The van der Waals surface area contributed by atoms with Gasteiger partial charge in [0.2, 0.25) is 0 Å². The Morgan fingerprint density at radius 1 is 1.79 bits per heavy atom. The van der Waals surface area contributed by atoms with Gasteiger partial charge < -0.3 is 10.6 Å². The number of thiazole rings is 1. The summed E-state index contributed by atoms with van der Waals surface area (Å²) in [7, 11) is 0. The van der Waals surface area contributed by atoms with Gasteiger partial charge in [-0.2, -0.15) is 0 Å². The van der Waals surface area contributed by atoms with Gasteiger partial charge in [0.1, 0.15) is 0 Å². The highest BCUT2D eigenvalue weighted by molar-refractivity contribution is 7.13. The van der Waals surface area contributed by atoms with E-state index in [1.165, 1.54) is 0 Å². The molecule has 0 fully saturated rings. The van der Waals surface area contributed by atoms with Crippen LogP contribution in [0.15, 0.2) is 11.6 Å². The van der Waals surface area contributed by atoms with Gasteiger partial charge in [0.25, 0.3) is 0 Å². The van der Waals surface area contributed by atoms with Crippen molar-refractivity contribution in [1.29, 1.82) is 5.41 Å². The molecular formula is C9H16N4S. The van der Waals surface area contributed by atoms with Crippen LogP contribution >= 0.6 is 11.3 Å². The van der Waals surface area contributed by atoms with Crippen LogP contribution in [0.4, 0.5) is 5.13 Å². The first-order chi connectivity index (χ1) is 6.65. The number of rotatable bonds is 5. The largest absolute Gasteiger partial charge is 0.387 e. The van der Waals surface area contributed by atoms with Crippen LogP contribution in [0.1, 0.15) is 13.8 Å². The fraction of sp³-hybridized carbons (Fsp3) is 0.556. The number of anilines is 1. The minimum Gasteiger partial charge on any atom is -0.387 e. The van der Waals surface area contributed by atoms with Gasteiger partial charge >= 0.3 is 0 Å². The monoisotopic (exact) mass is 212 g/mol. The van der Waals surface area contributed by atoms with Gasteiger partial charge in [-0.1, -0.05) is 6.92 Å². The van der Waals surface area contributed by atoms with Crippen molar-refractivity contribution in [2.24, 2.45) is 11.7 Å². The van der Waals surface area contributed by atoms with Gasteiger partial charge in [0.05, 0.1) is 5.84 Å². The lowest BCUT2D eigenvalue weighted by molar-refractivity contribution is 0.695. The smallest absolute Gasteiger partial charge is 0.185 e. The lowest BCUT2D eigenvalue weighted by atomic mass is 10.1. The van der Waals surface area contributed by atoms with E-state index in [0.717, 1.165) is 18.2 Å². The summed E-state index contributed by atoms with van der Waals surface area (Å²) in [5, 5.41) is 10.3. The van der Waals surface area contributed by atoms with E-state index in [-0.39, 0.29) is 11.8 Å². The Bertz CT molecular complexity index is 283.